The number of nitrogens with zero attached hydrogens (tertiary/aromatic N) is 2. The van der Waals surface area contributed by atoms with E-state index in [2.05, 4.69) is 14.1 Å². The van der Waals surface area contributed by atoms with Crippen LogP contribution in [-0.2, 0) is 58.1 Å². The van der Waals surface area contributed by atoms with Crippen molar-refractivity contribution in [1.82, 2.24) is 0 Å². The van der Waals surface area contributed by atoms with Gasteiger partial charge < -0.3 is 66.9 Å². The van der Waals surface area contributed by atoms with E-state index in [9.17, 15) is 24.9 Å². The van der Waals surface area contributed by atoms with Gasteiger partial charge in [-0.15, -0.1) is 0 Å². The third-order valence-electron chi connectivity index (χ3n) is 14.0. The predicted molar refractivity (Wildman–Crippen MR) is 257 cm³/mol. The number of quaternary nitrogens is 2. The molecule has 69 heavy (non-hydrogen) atoms. The van der Waals surface area contributed by atoms with E-state index < -0.39 is 11.9 Å². The first-order chi connectivity index (χ1) is 33.3. The number of aliphatic hydroxyl groups excluding tert-OH is 3. The number of hydrogen-bond acceptors (Lipinski definition) is 14. The van der Waals surface area contributed by atoms with Crippen molar-refractivity contribution in [2.45, 2.75) is 64.0 Å². The van der Waals surface area contributed by atoms with Gasteiger partial charge >= 0.3 is 11.9 Å². The summed E-state index contributed by atoms with van der Waals surface area (Å²) in [5.41, 5.74) is 7.78. The molecule has 4 atom stereocenters. The Bertz CT molecular complexity index is 2470. The van der Waals surface area contributed by atoms with Crippen molar-refractivity contribution in [2.24, 2.45) is 0 Å². The monoisotopic (exact) mass is 958 g/mol. The molecule has 16 nitrogen and oxygen atoms in total. The summed E-state index contributed by atoms with van der Waals surface area (Å²) in [7, 11) is 15.5. The zero-order valence-corrected chi connectivity index (χ0v) is 41.6. The van der Waals surface area contributed by atoms with Gasteiger partial charge in [-0.05, 0) is 58.7 Å². The second-order valence-corrected chi connectivity index (χ2v) is 17.9. The van der Waals surface area contributed by atoms with E-state index >= 15 is 0 Å². The van der Waals surface area contributed by atoms with Crippen LogP contribution in [0.15, 0.2) is 60.7 Å². The van der Waals surface area contributed by atoms with Gasteiger partial charge in [0.05, 0.1) is 134 Å². The maximum Gasteiger partial charge on any atom is 0.331 e. The van der Waals surface area contributed by atoms with Crippen molar-refractivity contribution in [3.63, 3.8) is 0 Å². The van der Waals surface area contributed by atoms with Crippen molar-refractivity contribution >= 4 is 11.9 Å². The molecule has 3 N–H and O–H groups in total. The number of fused-ring (bicyclic) bond motifs is 2. The molecule has 0 aliphatic carbocycles. The molecule has 4 aromatic carbocycles. The van der Waals surface area contributed by atoms with Gasteiger partial charge in [0.25, 0.3) is 0 Å². The molecule has 2 aliphatic rings. The van der Waals surface area contributed by atoms with Crippen LogP contribution in [0.25, 0.3) is 0 Å². The number of hydrogen-bond donors (Lipinski definition) is 3. The molecule has 0 saturated heterocycles. The van der Waals surface area contributed by atoms with Crippen LogP contribution in [-0.4, -0.2) is 139 Å². The van der Waals surface area contributed by atoms with E-state index in [-0.39, 0.29) is 45.1 Å². The summed E-state index contributed by atoms with van der Waals surface area (Å²) in [5, 5.41) is 30.8. The Labute approximate surface area is 405 Å². The fourth-order valence-electron chi connectivity index (χ4n) is 10.5. The first-order valence-corrected chi connectivity index (χ1v) is 23.2. The Hall–Kier alpha value is -6.04. The lowest BCUT2D eigenvalue weighted by Gasteiger charge is -2.46. The van der Waals surface area contributed by atoms with E-state index in [1.807, 2.05) is 48.5 Å². The molecule has 0 spiro atoms. The lowest BCUT2D eigenvalue weighted by Crippen LogP contribution is -2.52. The molecular weight excluding hydrogens is 889 g/mol. The molecule has 0 radical (unpaired) electrons. The zero-order valence-electron chi connectivity index (χ0n) is 41.6. The van der Waals surface area contributed by atoms with Gasteiger partial charge in [0, 0.05) is 60.9 Å². The fourth-order valence-corrected chi connectivity index (χ4v) is 10.5. The normalized spacial score (nSPS) is 19.5. The number of esters is 2. The van der Waals surface area contributed by atoms with Crippen LogP contribution in [0.3, 0.4) is 0 Å². The fraction of sp³-hybridized carbons (Fsp3) is 0.472. The summed E-state index contributed by atoms with van der Waals surface area (Å²) >= 11 is 0. The lowest BCUT2D eigenvalue weighted by atomic mass is 9.82. The highest BCUT2D eigenvalue weighted by Crippen LogP contribution is 2.51. The highest BCUT2D eigenvalue weighted by molar-refractivity contribution is 5.91. The molecule has 0 aromatic heterocycles. The van der Waals surface area contributed by atoms with Crippen LogP contribution in [0.1, 0.15) is 75.0 Å². The minimum absolute atomic E-state index is 0.0724. The first-order valence-electron chi connectivity index (χ1n) is 23.2. The number of methoxy groups -OCH3 is 7. The molecule has 374 valence electrons. The number of likely N-dealkylation sites (N-methyl/N-ethyl adjacent to an activating group) is 2. The molecule has 16 heteroatoms. The van der Waals surface area contributed by atoms with Gasteiger partial charge in [-0.3, -0.25) is 0 Å². The van der Waals surface area contributed by atoms with Crippen LogP contribution in [0.2, 0.25) is 0 Å². The van der Waals surface area contributed by atoms with Crippen LogP contribution < -0.4 is 33.2 Å². The van der Waals surface area contributed by atoms with Crippen molar-refractivity contribution < 1.29 is 76.5 Å². The van der Waals surface area contributed by atoms with Crippen LogP contribution in [0.5, 0.6) is 40.2 Å². The Morgan fingerprint density at radius 3 is 1.71 bits per heavy atom. The van der Waals surface area contributed by atoms with Crippen molar-refractivity contribution in [3.8, 4) is 40.2 Å². The Morgan fingerprint density at radius 1 is 0.580 bits per heavy atom. The first kappa shape index (κ1) is 52.3. The van der Waals surface area contributed by atoms with Crippen LogP contribution in [0, 0.1) is 0 Å². The van der Waals surface area contributed by atoms with Gasteiger partial charge in [-0.2, -0.15) is 0 Å². The largest absolute Gasteiger partial charge is 0.496 e. The third-order valence-corrected chi connectivity index (χ3v) is 14.0. The summed E-state index contributed by atoms with van der Waals surface area (Å²) in [6.45, 7) is 2.27. The minimum atomic E-state index is -0.660. The maximum absolute atomic E-state index is 12.9. The average Bonchev–Trinajstić information content (AvgIpc) is 3.37. The second-order valence-electron chi connectivity index (χ2n) is 17.9. The summed E-state index contributed by atoms with van der Waals surface area (Å²) in [4.78, 5) is 25.8. The number of aliphatic hydroxyl groups is 3. The quantitative estimate of drug-likeness (QED) is 0.0356. The summed E-state index contributed by atoms with van der Waals surface area (Å²) in [6.07, 6.45) is 5.34. The molecule has 2 aliphatic heterocycles. The van der Waals surface area contributed by atoms with E-state index in [1.165, 1.54) is 0 Å². The number of benzene rings is 4. The Balaban J connectivity index is 1.09. The molecule has 0 saturated carbocycles. The highest BCUT2D eigenvalue weighted by Gasteiger charge is 2.45. The van der Waals surface area contributed by atoms with E-state index in [1.54, 1.807) is 49.8 Å². The zero-order chi connectivity index (χ0) is 49.9. The number of carbonyl (C=O) groups excluding carboxylic acids is 2. The summed E-state index contributed by atoms with van der Waals surface area (Å²) in [5.74, 6) is 2.82. The summed E-state index contributed by atoms with van der Waals surface area (Å²) < 4.78 is 52.5. The number of ether oxygens (including phenoxy) is 9. The molecular formula is C53H70N2O14+2. The van der Waals surface area contributed by atoms with E-state index in [0.29, 0.717) is 111 Å². The van der Waals surface area contributed by atoms with Gasteiger partial charge in [0.1, 0.15) is 23.6 Å². The predicted octanol–water partition coefficient (Wildman–Crippen LogP) is 5.73. The van der Waals surface area contributed by atoms with Gasteiger partial charge in [-0.1, -0.05) is 12.1 Å². The van der Waals surface area contributed by atoms with Crippen molar-refractivity contribution in [2.75, 3.05) is 103 Å². The van der Waals surface area contributed by atoms with Gasteiger partial charge in [-0.25, -0.2) is 9.59 Å². The molecule has 4 unspecified atom stereocenters. The number of carbonyl (C=O) groups is 2. The summed E-state index contributed by atoms with van der Waals surface area (Å²) in [6, 6.07) is 15.3. The average molecular weight is 959 g/mol. The van der Waals surface area contributed by atoms with E-state index in [0.717, 1.165) is 58.5 Å². The molecule has 4 aromatic rings. The SMILES string of the molecule is COc1ccc(C2c3c(cc(CO)c(CO)c3OC)CC[N+]2(C)CCCOC(=O)/C=C\C(=O)OCCC[N+]2(C)CCc3cc(OC)c(OC)c(OC)c3C2Cc2ccc(OC)c(OC)c2)cc1CO. The second kappa shape index (κ2) is 23.5. The third kappa shape index (κ3) is 11.2. The topological polar surface area (TPSA) is 178 Å². The highest BCUT2D eigenvalue weighted by atomic mass is 16.5. The van der Waals surface area contributed by atoms with Gasteiger partial charge in [0.15, 0.2) is 23.0 Å². The molecule has 0 fully saturated rings. The van der Waals surface area contributed by atoms with Crippen LogP contribution in [0.4, 0.5) is 0 Å². The molecule has 2 heterocycles. The minimum Gasteiger partial charge on any atom is -0.496 e. The standard InChI is InChI=1S/C53H70N2O14/c1-54(22-18-36-30-45(64-6)52(66-8)53(67-9)48(36)41(54)26-34-12-14-43(62-4)44(27-34)63-5)20-10-24-68-46(59)16-17-47(60)69-25-11-21-55(2)23-19-35-28-38(31-56)40(33-58)51(65-7)49(35)50(55)37-13-15-42(61-3)39(29-37)32-57/h12-17,27-30,41,50,56-58H,10-11,18-26,31-33H2,1-9H3/q+2/b17-16-. The Morgan fingerprint density at radius 2 is 1.14 bits per heavy atom. The maximum atomic E-state index is 12.9. The Kier molecular flexibility index (Phi) is 17.8. The molecule has 6 rings (SSSR count). The van der Waals surface area contributed by atoms with Crippen molar-refractivity contribution in [3.05, 3.63) is 111 Å². The van der Waals surface area contributed by atoms with Crippen LogP contribution >= 0.6 is 0 Å². The molecule has 0 bridgehead atoms. The van der Waals surface area contributed by atoms with E-state index in [4.69, 9.17) is 42.6 Å². The lowest BCUT2D eigenvalue weighted by molar-refractivity contribution is -0.941. The molecule has 0 amide bonds. The smallest absolute Gasteiger partial charge is 0.331 e. The van der Waals surface area contributed by atoms with Crippen molar-refractivity contribution in [1.29, 1.82) is 0 Å². The van der Waals surface area contributed by atoms with Gasteiger partial charge in [0.2, 0.25) is 5.75 Å². The number of rotatable bonds is 23.